The molecule has 112 valence electrons. The van der Waals surface area contributed by atoms with Gasteiger partial charge in [0.05, 0.1) is 6.10 Å². The molecule has 0 fully saturated rings. The van der Waals surface area contributed by atoms with Crippen LogP contribution in [0.4, 0.5) is 0 Å². The third-order valence-electron chi connectivity index (χ3n) is 4.03. The first-order valence-electron chi connectivity index (χ1n) is 6.87. The number of hydrogen-bond acceptors (Lipinski definition) is 2. The van der Waals surface area contributed by atoms with Gasteiger partial charge in [0.1, 0.15) is 0 Å². The van der Waals surface area contributed by atoms with Crippen molar-refractivity contribution >= 4 is 27.5 Å². The topological polar surface area (TPSA) is 46.2 Å². The van der Waals surface area contributed by atoms with Crippen molar-refractivity contribution in [3.63, 3.8) is 0 Å². The summed E-state index contributed by atoms with van der Waals surface area (Å²) in [6, 6.07) is 15.7. The summed E-state index contributed by atoms with van der Waals surface area (Å²) in [4.78, 5) is 0. The normalized spacial score (nSPS) is 15.5. The molecule has 0 aliphatic heterocycles. The predicted molar refractivity (Wildman–Crippen MR) is 91.7 cm³/mol. The highest BCUT2D eigenvalue weighted by Crippen LogP contribution is 2.34. The summed E-state index contributed by atoms with van der Waals surface area (Å²) in [5.74, 6) is 0. The number of rotatable bonds is 5. The molecule has 4 heteroatoms. The molecule has 0 aromatic heterocycles. The van der Waals surface area contributed by atoms with Crippen LogP contribution in [0.1, 0.15) is 18.1 Å². The summed E-state index contributed by atoms with van der Waals surface area (Å²) < 4.78 is 0.936. The summed E-state index contributed by atoms with van der Waals surface area (Å²) in [6.45, 7) is 2.13. The number of hydrogen-bond donors (Lipinski definition) is 2. The molecule has 0 saturated carbocycles. The number of nitrogens with two attached hydrogens (primary N) is 1. The van der Waals surface area contributed by atoms with Crippen molar-refractivity contribution in [1.82, 2.24) is 0 Å². The number of aliphatic hydroxyl groups excluding tert-OH is 1. The smallest absolute Gasteiger partial charge is 0.0624 e. The lowest BCUT2D eigenvalue weighted by molar-refractivity contribution is 0.100. The Morgan fingerprint density at radius 1 is 1.24 bits per heavy atom. The third kappa shape index (κ3) is 3.49. The van der Waals surface area contributed by atoms with E-state index in [9.17, 15) is 5.11 Å². The Bertz CT molecular complexity index is 603. The van der Waals surface area contributed by atoms with Crippen LogP contribution < -0.4 is 5.73 Å². The molecular weight excluding hydrogens is 350 g/mol. The van der Waals surface area contributed by atoms with Crippen LogP contribution in [-0.4, -0.2) is 17.8 Å². The lowest BCUT2D eigenvalue weighted by atomic mass is 9.72. The van der Waals surface area contributed by atoms with Crippen LogP contribution in [0, 0.1) is 0 Å². The molecule has 2 nitrogen and oxygen atoms in total. The molecule has 3 N–H and O–H groups in total. The van der Waals surface area contributed by atoms with E-state index in [-0.39, 0.29) is 0 Å². The van der Waals surface area contributed by atoms with Crippen LogP contribution in [0.5, 0.6) is 0 Å². The highest BCUT2D eigenvalue weighted by Gasteiger charge is 2.36. The van der Waals surface area contributed by atoms with E-state index in [2.05, 4.69) is 15.9 Å². The fraction of sp³-hybridized carbons (Fsp3) is 0.294. The van der Waals surface area contributed by atoms with Crippen molar-refractivity contribution in [1.29, 1.82) is 0 Å². The van der Waals surface area contributed by atoms with Gasteiger partial charge in [0, 0.05) is 21.5 Å². The Labute approximate surface area is 139 Å². The maximum Gasteiger partial charge on any atom is 0.0624 e. The van der Waals surface area contributed by atoms with Gasteiger partial charge in [-0.2, -0.15) is 0 Å². The Morgan fingerprint density at radius 3 is 2.43 bits per heavy atom. The van der Waals surface area contributed by atoms with E-state index in [1.807, 2.05) is 48.5 Å². The molecular formula is C17H19BrClNO. The van der Waals surface area contributed by atoms with Crippen molar-refractivity contribution in [2.24, 2.45) is 5.73 Å². The standard InChI is InChI=1S/C17H19BrClNO/c1-12(21)17(11-20,14-5-3-2-4-6-14)10-13-7-8-15(18)9-16(13)19/h2-9,12,21H,10-11,20H2,1H3. The molecule has 2 unspecified atom stereocenters. The van der Waals surface area contributed by atoms with Gasteiger partial charge in [-0.3, -0.25) is 0 Å². The Hall–Kier alpha value is -0.870. The first kappa shape index (κ1) is 16.5. The maximum atomic E-state index is 10.4. The van der Waals surface area contributed by atoms with Crippen molar-refractivity contribution in [3.8, 4) is 0 Å². The van der Waals surface area contributed by atoms with Crippen LogP contribution in [0.2, 0.25) is 5.02 Å². The second-order valence-corrected chi connectivity index (χ2v) is 6.64. The predicted octanol–water partition coefficient (Wildman–Crippen LogP) is 3.92. The van der Waals surface area contributed by atoms with Crippen LogP contribution in [-0.2, 0) is 11.8 Å². The minimum absolute atomic E-state index is 0.348. The molecule has 0 aliphatic rings. The number of halogens is 2. The van der Waals surface area contributed by atoms with Gasteiger partial charge < -0.3 is 10.8 Å². The molecule has 0 radical (unpaired) electrons. The van der Waals surface area contributed by atoms with E-state index in [4.69, 9.17) is 17.3 Å². The zero-order valence-corrected chi connectivity index (χ0v) is 14.2. The molecule has 2 rings (SSSR count). The zero-order chi connectivity index (χ0) is 15.5. The molecule has 2 aromatic carbocycles. The van der Waals surface area contributed by atoms with Crippen molar-refractivity contribution in [3.05, 3.63) is 69.2 Å². The molecule has 2 atom stereocenters. The van der Waals surface area contributed by atoms with Gasteiger partial charge in [-0.15, -0.1) is 0 Å². The third-order valence-corrected chi connectivity index (χ3v) is 4.88. The lowest BCUT2D eigenvalue weighted by Crippen LogP contribution is -2.46. The minimum atomic E-state index is -0.579. The summed E-state index contributed by atoms with van der Waals surface area (Å²) in [6.07, 6.45) is 0.0155. The first-order valence-corrected chi connectivity index (χ1v) is 8.04. The zero-order valence-electron chi connectivity index (χ0n) is 11.9. The molecule has 0 bridgehead atoms. The van der Waals surface area contributed by atoms with Gasteiger partial charge in [-0.05, 0) is 36.6 Å². The fourth-order valence-electron chi connectivity index (χ4n) is 2.63. The number of benzene rings is 2. The SMILES string of the molecule is CC(O)C(CN)(Cc1ccc(Br)cc1Cl)c1ccccc1. The lowest BCUT2D eigenvalue weighted by Gasteiger charge is -2.36. The highest BCUT2D eigenvalue weighted by molar-refractivity contribution is 9.10. The minimum Gasteiger partial charge on any atom is -0.392 e. The van der Waals surface area contributed by atoms with Crippen molar-refractivity contribution in [2.45, 2.75) is 24.9 Å². The molecule has 2 aromatic rings. The summed E-state index contributed by atoms with van der Waals surface area (Å²) >= 11 is 9.74. The maximum absolute atomic E-state index is 10.4. The van der Waals surface area contributed by atoms with Gasteiger partial charge in [0.15, 0.2) is 0 Å². The Kier molecular flexibility index (Phi) is 5.44. The first-order chi connectivity index (χ1) is 9.99. The van der Waals surface area contributed by atoms with E-state index in [0.29, 0.717) is 18.0 Å². The molecule has 0 aliphatic carbocycles. The average Bonchev–Trinajstić information content (AvgIpc) is 2.47. The van der Waals surface area contributed by atoms with E-state index < -0.39 is 11.5 Å². The van der Waals surface area contributed by atoms with Crippen LogP contribution >= 0.6 is 27.5 Å². The second kappa shape index (κ2) is 6.93. The Balaban J connectivity index is 2.46. The van der Waals surface area contributed by atoms with Crippen LogP contribution in [0.3, 0.4) is 0 Å². The van der Waals surface area contributed by atoms with Crippen molar-refractivity contribution < 1.29 is 5.11 Å². The molecule has 21 heavy (non-hydrogen) atoms. The van der Waals surface area contributed by atoms with E-state index in [0.717, 1.165) is 15.6 Å². The van der Waals surface area contributed by atoms with Gasteiger partial charge in [-0.1, -0.05) is 63.9 Å². The van der Waals surface area contributed by atoms with Gasteiger partial charge in [0.2, 0.25) is 0 Å². The fourth-order valence-corrected chi connectivity index (χ4v) is 3.37. The number of aliphatic hydroxyl groups is 1. The average molecular weight is 369 g/mol. The summed E-state index contributed by atoms with van der Waals surface area (Å²) in [5.41, 5.74) is 7.52. The van der Waals surface area contributed by atoms with E-state index in [1.165, 1.54) is 0 Å². The molecule has 0 heterocycles. The summed E-state index contributed by atoms with van der Waals surface area (Å²) in [5, 5.41) is 11.1. The molecule has 0 spiro atoms. The van der Waals surface area contributed by atoms with Crippen molar-refractivity contribution in [2.75, 3.05) is 6.54 Å². The molecule has 0 amide bonds. The van der Waals surface area contributed by atoms with Gasteiger partial charge in [-0.25, -0.2) is 0 Å². The van der Waals surface area contributed by atoms with E-state index in [1.54, 1.807) is 6.92 Å². The largest absolute Gasteiger partial charge is 0.392 e. The van der Waals surface area contributed by atoms with Crippen LogP contribution in [0.15, 0.2) is 53.0 Å². The monoisotopic (exact) mass is 367 g/mol. The van der Waals surface area contributed by atoms with Gasteiger partial charge in [0.25, 0.3) is 0 Å². The summed E-state index contributed by atoms with van der Waals surface area (Å²) in [7, 11) is 0. The van der Waals surface area contributed by atoms with Gasteiger partial charge >= 0.3 is 0 Å². The van der Waals surface area contributed by atoms with Crippen LogP contribution in [0.25, 0.3) is 0 Å². The Morgan fingerprint density at radius 2 is 1.90 bits per heavy atom. The molecule has 0 saturated heterocycles. The second-order valence-electron chi connectivity index (χ2n) is 5.31. The highest BCUT2D eigenvalue weighted by atomic mass is 79.9. The van der Waals surface area contributed by atoms with E-state index >= 15 is 0 Å². The quantitative estimate of drug-likeness (QED) is 0.840.